The summed E-state index contributed by atoms with van der Waals surface area (Å²) in [4.78, 5) is 0.351. The lowest BCUT2D eigenvalue weighted by atomic mass is 9.87. The number of alkyl halides is 1. The number of hydrogen-bond acceptors (Lipinski definition) is 2. The zero-order valence-corrected chi connectivity index (χ0v) is 12.6. The van der Waals surface area contributed by atoms with Gasteiger partial charge in [-0.2, -0.15) is 0 Å². The minimum Gasteiger partial charge on any atom is -0.208 e. The fourth-order valence-corrected chi connectivity index (χ4v) is 4.55. The van der Waals surface area contributed by atoms with Crippen LogP contribution in [-0.2, 0) is 10.0 Å². The smallest absolute Gasteiger partial charge is 0.208 e. The largest absolute Gasteiger partial charge is 0.240 e. The third kappa shape index (κ3) is 3.33. The van der Waals surface area contributed by atoms with Gasteiger partial charge in [-0.05, 0) is 30.9 Å². The monoisotopic (exact) mass is 331 g/mol. The first-order valence-corrected chi connectivity index (χ1v) is 8.87. The highest BCUT2D eigenvalue weighted by Gasteiger charge is 2.28. The molecule has 1 aliphatic carbocycles. The van der Waals surface area contributed by atoms with Crippen LogP contribution in [0.2, 0.25) is 0 Å². The summed E-state index contributed by atoms with van der Waals surface area (Å²) in [5, 5.41) is 0.856. The fraction of sp³-hybridized carbons (Fsp3) is 0.538. The summed E-state index contributed by atoms with van der Waals surface area (Å²) in [7, 11) is -3.37. The zero-order valence-electron chi connectivity index (χ0n) is 10.2. The third-order valence-corrected chi connectivity index (χ3v) is 5.80. The maximum Gasteiger partial charge on any atom is 0.240 e. The van der Waals surface area contributed by atoms with Crippen molar-refractivity contribution < 1.29 is 8.42 Å². The predicted molar refractivity (Wildman–Crippen MR) is 76.3 cm³/mol. The molecule has 100 valence electrons. The van der Waals surface area contributed by atoms with Gasteiger partial charge in [0.25, 0.3) is 0 Å². The van der Waals surface area contributed by atoms with E-state index in [9.17, 15) is 8.42 Å². The summed E-state index contributed by atoms with van der Waals surface area (Å²) >= 11 is 3.48. The molecule has 5 heteroatoms. The maximum atomic E-state index is 12.2. The minimum absolute atomic E-state index is 0.0586. The van der Waals surface area contributed by atoms with E-state index in [4.69, 9.17) is 0 Å². The van der Waals surface area contributed by atoms with Gasteiger partial charge in [-0.15, -0.1) is 0 Å². The van der Waals surface area contributed by atoms with Crippen molar-refractivity contribution in [2.75, 3.05) is 5.33 Å². The van der Waals surface area contributed by atoms with Crippen molar-refractivity contribution >= 4 is 26.0 Å². The second-order valence-corrected chi connectivity index (χ2v) is 7.10. The van der Waals surface area contributed by atoms with E-state index in [0.717, 1.165) is 24.6 Å². The molecule has 1 aliphatic rings. The van der Waals surface area contributed by atoms with Gasteiger partial charge in [0.15, 0.2) is 0 Å². The molecule has 3 nitrogen and oxygen atoms in total. The Balaban J connectivity index is 2.12. The lowest BCUT2D eigenvalue weighted by molar-refractivity contribution is 0.316. The highest BCUT2D eigenvalue weighted by atomic mass is 79.9. The zero-order chi connectivity index (χ0) is 13.0. The van der Waals surface area contributed by atoms with Crippen LogP contribution in [0.15, 0.2) is 35.2 Å². The van der Waals surface area contributed by atoms with Crippen LogP contribution in [0, 0.1) is 5.92 Å². The molecule has 0 bridgehead atoms. The van der Waals surface area contributed by atoms with Crippen molar-refractivity contribution in [1.82, 2.24) is 4.72 Å². The van der Waals surface area contributed by atoms with Gasteiger partial charge < -0.3 is 0 Å². The Hall–Kier alpha value is -0.390. The lowest BCUT2D eigenvalue weighted by Gasteiger charge is -2.30. The molecule has 0 saturated heterocycles. The van der Waals surface area contributed by atoms with E-state index in [1.165, 1.54) is 6.42 Å². The van der Waals surface area contributed by atoms with Gasteiger partial charge in [-0.3, -0.25) is 0 Å². The average Bonchev–Trinajstić information content (AvgIpc) is 2.40. The summed E-state index contributed by atoms with van der Waals surface area (Å²) in [5.41, 5.74) is 0. The molecule has 0 amide bonds. The van der Waals surface area contributed by atoms with Gasteiger partial charge in [-0.1, -0.05) is 47.0 Å². The molecule has 2 atom stereocenters. The molecule has 2 unspecified atom stereocenters. The van der Waals surface area contributed by atoms with Crippen LogP contribution in [0.4, 0.5) is 0 Å². The van der Waals surface area contributed by atoms with Gasteiger partial charge >= 0.3 is 0 Å². The van der Waals surface area contributed by atoms with Crippen LogP contribution in [0.5, 0.6) is 0 Å². The van der Waals surface area contributed by atoms with E-state index in [-0.39, 0.29) is 6.04 Å². The molecule has 0 aromatic heterocycles. The molecule has 1 fully saturated rings. The molecule has 1 saturated carbocycles. The fourth-order valence-electron chi connectivity index (χ4n) is 2.41. The summed E-state index contributed by atoms with van der Waals surface area (Å²) in [5.74, 6) is 0.400. The summed E-state index contributed by atoms with van der Waals surface area (Å²) in [6, 6.07) is 8.64. The normalized spacial score (nSPS) is 24.9. The van der Waals surface area contributed by atoms with E-state index < -0.39 is 10.0 Å². The van der Waals surface area contributed by atoms with Gasteiger partial charge in [-0.25, -0.2) is 13.1 Å². The van der Waals surface area contributed by atoms with Gasteiger partial charge in [0, 0.05) is 11.4 Å². The molecule has 0 radical (unpaired) electrons. The predicted octanol–water partition coefficient (Wildman–Crippen LogP) is 2.92. The molecular weight excluding hydrogens is 314 g/mol. The molecule has 2 rings (SSSR count). The SMILES string of the molecule is O=S(=O)(NC1CCCCC1CBr)c1ccccc1. The van der Waals surface area contributed by atoms with Crippen LogP contribution in [-0.4, -0.2) is 19.8 Å². The Morgan fingerprint density at radius 1 is 1.17 bits per heavy atom. The van der Waals surface area contributed by atoms with E-state index >= 15 is 0 Å². The molecule has 18 heavy (non-hydrogen) atoms. The molecular formula is C13H18BrNO2S. The van der Waals surface area contributed by atoms with Gasteiger partial charge in [0.2, 0.25) is 10.0 Å². The number of hydrogen-bond donors (Lipinski definition) is 1. The Bertz CT molecular complexity index is 475. The first kappa shape index (κ1) is 14.0. The number of halogens is 1. The minimum atomic E-state index is -3.37. The Labute approximate surface area is 117 Å². The molecule has 0 heterocycles. The highest BCUT2D eigenvalue weighted by molar-refractivity contribution is 9.09. The Morgan fingerprint density at radius 3 is 2.50 bits per heavy atom. The van der Waals surface area contributed by atoms with Crippen molar-refractivity contribution in [3.8, 4) is 0 Å². The highest BCUT2D eigenvalue weighted by Crippen LogP contribution is 2.27. The van der Waals surface area contributed by atoms with E-state index in [2.05, 4.69) is 20.7 Å². The number of rotatable bonds is 4. The lowest BCUT2D eigenvalue weighted by Crippen LogP contribution is -2.42. The maximum absolute atomic E-state index is 12.2. The quantitative estimate of drug-likeness (QED) is 0.862. The second kappa shape index (κ2) is 6.17. The molecule has 1 aromatic rings. The molecule has 1 N–H and O–H groups in total. The third-order valence-electron chi connectivity index (χ3n) is 3.47. The van der Waals surface area contributed by atoms with E-state index in [1.54, 1.807) is 24.3 Å². The van der Waals surface area contributed by atoms with Crippen molar-refractivity contribution in [1.29, 1.82) is 0 Å². The van der Waals surface area contributed by atoms with Crippen LogP contribution in [0.3, 0.4) is 0 Å². The number of nitrogens with one attached hydrogen (secondary N) is 1. The van der Waals surface area contributed by atoms with Gasteiger partial charge in [0.1, 0.15) is 0 Å². The Kier molecular flexibility index (Phi) is 4.81. The van der Waals surface area contributed by atoms with E-state index in [0.29, 0.717) is 10.8 Å². The first-order valence-electron chi connectivity index (χ1n) is 6.27. The average molecular weight is 332 g/mol. The van der Waals surface area contributed by atoms with Crippen LogP contribution in [0.1, 0.15) is 25.7 Å². The summed E-state index contributed by atoms with van der Waals surface area (Å²) < 4.78 is 27.3. The molecule has 1 aromatic carbocycles. The van der Waals surface area contributed by atoms with Crippen LogP contribution in [0.25, 0.3) is 0 Å². The topological polar surface area (TPSA) is 46.2 Å². The van der Waals surface area contributed by atoms with Crippen molar-refractivity contribution in [2.24, 2.45) is 5.92 Å². The standard InChI is InChI=1S/C13H18BrNO2S/c14-10-11-6-4-5-9-13(11)15-18(16,17)12-7-2-1-3-8-12/h1-3,7-8,11,13,15H,4-6,9-10H2. The molecule has 0 spiro atoms. The van der Waals surface area contributed by atoms with Crippen molar-refractivity contribution in [2.45, 2.75) is 36.6 Å². The van der Waals surface area contributed by atoms with E-state index in [1.807, 2.05) is 6.07 Å². The number of benzene rings is 1. The van der Waals surface area contributed by atoms with Gasteiger partial charge in [0.05, 0.1) is 4.90 Å². The summed E-state index contributed by atoms with van der Waals surface area (Å²) in [6.07, 6.45) is 4.32. The molecule has 0 aliphatic heterocycles. The van der Waals surface area contributed by atoms with Crippen molar-refractivity contribution in [3.05, 3.63) is 30.3 Å². The summed E-state index contributed by atoms with van der Waals surface area (Å²) in [6.45, 7) is 0. The number of sulfonamides is 1. The van der Waals surface area contributed by atoms with Crippen LogP contribution >= 0.6 is 15.9 Å². The van der Waals surface area contributed by atoms with Crippen LogP contribution < -0.4 is 4.72 Å². The Morgan fingerprint density at radius 2 is 1.83 bits per heavy atom. The second-order valence-electron chi connectivity index (χ2n) is 4.74. The first-order chi connectivity index (χ1) is 8.63. The van der Waals surface area contributed by atoms with Crippen molar-refractivity contribution in [3.63, 3.8) is 0 Å².